The van der Waals surface area contributed by atoms with Crippen LogP contribution in [0.4, 0.5) is 8.78 Å². The lowest BCUT2D eigenvalue weighted by Gasteiger charge is -2.35. The van der Waals surface area contributed by atoms with Crippen LogP contribution < -0.4 is 10.6 Å². The maximum absolute atomic E-state index is 13.8. The summed E-state index contributed by atoms with van der Waals surface area (Å²) < 4.78 is 28.8. The molecule has 0 radical (unpaired) electrons. The van der Waals surface area contributed by atoms with Crippen LogP contribution in [0.1, 0.15) is 52.5 Å². The van der Waals surface area contributed by atoms with Crippen molar-refractivity contribution in [1.82, 2.24) is 25.3 Å². The predicted molar refractivity (Wildman–Crippen MR) is 138 cm³/mol. The fourth-order valence-electron chi connectivity index (χ4n) is 4.40. The van der Waals surface area contributed by atoms with E-state index in [0.29, 0.717) is 25.1 Å². The van der Waals surface area contributed by atoms with Crippen LogP contribution in [-0.2, 0) is 28.0 Å². The molecule has 9 nitrogen and oxygen atoms in total. The SMILES string of the molecule is CC1CC(O)CN1C(=O)C(NC(=O)C1(F)CC1)C(C)(C)C.Cn1ncc(F)c1-c1ccc(CNC=O)cc1. The predicted octanol–water partition coefficient (Wildman–Crippen LogP) is 2.47. The molecule has 1 aliphatic carbocycles. The lowest BCUT2D eigenvalue weighted by Crippen LogP contribution is -2.57. The van der Waals surface area contributed by atoms with E-state index in [-0.39, 0.29) is 37.2 Å². The molecule has 2 fully saturated rings. The van der Waals surface area contributed by atoms with Crippen LogP contribution in [0.5, 0.6) is 0 Å². The Morgan fingerprint density at radius 1 is 1.26 bits per heavy atom. The highest BCUT2D eigenvalue weighted by Gasteiger charge is 2.53. The number of aromatic nitrogens is 2. The summed E-state index contributed by atoms with van der Waals surface area (Å²) in [5.74, 6) is -1.28. The molecule has 3 atom stereocenters. The van der Waals surface area contributed by atoms with Crippen LogP contribution in [0.25, 0.3) is 11.3 Å². The highest BCUT2D eigenvalue weighted by molar-refractivity contribution is 5.93. The normalized spacial score (nSPS) is 20.7. The monoisotopic (exact) mass is 533 g/mol. The van der Waals surface area contributed by atoms with Crippen LogP contribution >= 0.6 is 0 Å². The standard InChI is InChI=1S/C15H25FN2O3.C12H12FN3O/c1-9-7-10(19)8-18(9)12(20)11(14(2,3)4)17-13(21)15(16)5-6-15;1-16-12(11(13)7-15-16)10-4-2-9(3-5-10)6-14-8-17/h9-11,19H,5-8H2,1-4H3,(H,17,21);2-5,7-8H,6H2,1H3,(H,14,17). The second kappa shape index (κ2) is 11.6. The number of nitrogens with zero attached hydrogens (tertiary/aromatic N) is 3. The number of aliphatic hydroxyl groups excluding tert-OH is 1. The molecule has 208 valence electrons. The Labute approximate surface area is 221 Å². The Bertz CT molecular complexity index is 1120. The molecule has 0 bridgehead atoms. The molecule has 3 amide bonds. The zero-order valence-electron chi connectivity index (χ0n) is 22.5. The number of likely N-dealkylation sites (tertiary alicyclic amines) is 1. The van der Waals surface area contributed by atoms with Crippen LogP contribution in [0.15, 0.2) is 30.5 Å². The van der Waals surface area contributed by atoms with E-state index in [2.05, 4.69) is 15.7 Å². The molecule has 4 rings (SSSR count). The summed E-state index contributed by atoms with van der Waals surface area (Å²) in [6.45, 7) is 8.12. The molecule has 2 heterocycles. The van der Waals surface area contributed by atoms with E-state index < -0.39 is 29.1 Å². The molecule has 3 unspecified atom stereocenters. The topological polar surface area (TPSA) is 117 Å². The number of β-amino-alcohol motifs (C(OH)–C–C–N with tert-alkyl or cyclic N) is 1. The number of aryl methyl sites for hydroxylation is 1. The summed E-state index contributed by atoms with van der Waals surface area (Å²) in [6, 6.07) is 6.45. The molecule has 1 aromatic carbocycles. The molecule has 2 aliphatic rings. The maximum atomic E-state index is 13.8. The van der Waals surface area contributed by atoms with Crippen molar-refractivity contribution in [2.45, 2.75) is 77.4 Å². The summed E-state index contributed by atoms with van der Waals surface area (Å²) in [4.78, 5) is 36.4. The molecular weight excluding hydrogens is 496 g/mol. The van der Waals surface area contributed by atoms with Gasteiger partial charge < -0.3 is 20.6 Å². The number of carbonyl (C=O) groups is 3. The van der Waals surface area contributed by atoms with Gasteiger partial charge in [0.25, 0.3) is 5.91 Å². The third-order valence-corrected chi connectivity index (χ3v) is 6.83. The third-order valence-electron chi connectivity index (χ3n) is 6.83. The van der Waals surface area contributed by atoms with Gasteiger partial charge in [0.05, 0.1) is 12.3 Å². The molecule has 1 aliphatic heterocycles. The molecule has 2 aromatic rings. The number of amides is 3. The van der Waals surface area contributed by atoms with Crippen molar-refractivity contribution >= 4 is 18.2 Å². The molecule has 11 heteroatoms. The number of hydrogen-bond acceptors (Lipinski definition) is 5. The van der Waals surface area contributed by atoms with Crippen molar-refractivity contribution in [1.29, 1.82) is 0 Å². The Morgan fingerprint density at radius 3 is 2.34 bits per heavy atom. The first-order chi connectivity index (χ1) is 17.8. The first-order valence-electron chi connectivity index (χ1n) is 12.7. The quantitative estimate of drug-likeness (QED) is 0.473. The average molecular weight is 534 g/mol. The van der Waals surface area contributed by atoms with Crippen molar-refractivity contribution in [3.05, 3.63) is 41.8 Å². The van der Waals surface area contributed by atoms with E-state index in [1.54, 1.807) is 11.9 Å². The fraction of sp³-hybridized carbons (Fsp3) is 0.556. The van der Waals surface area contributed by atoms with Gasteiger partial charge in [-0.3, -0.25) is 19.1 Å². The van der Waals surface area contributed by atoms with E-state index >= 15 is 0 Å². The number of nitrogens with one attached hydrogen (secondary N) is 2. The zero-order chi connectivity index (χ0) is 28.3. The second-order valence-electron chi connectivity index (χ2n) is 11.1. The summed E-state index contributed by atoms with van der Waals surface area (Å²) >= 11 is 0. The van der Waals surface area contributed by atoms with Gasteiger partial charge in [-0.15, -0.1) is 0 Å². The number of rotatable bonds is 7. The first-order valence-corrected chi connectivity index (χ1v) is 12.7. The Balaban J connectivity index is 0.000000215. The number of aliphatic hydroxyl groups is 1. The van der Waals surface area contributed by atoms with Crippen molar-refractivity contribution < 1.29 is 28.3 Å². The van der Waals surface area contributed by atoms with Gasteiger partial charge in [-0.25, -0.2) is 8.78 Å². The summed E-state index contributed by atoms with van der Waals surface area (Å²) in [6.07, 6.45) is 2.29. The maximum Gasteiger partial charge on any atom is 0.258 e. The van der Waals surface area contributed by atoms with Gasteiger partial charge in [-0.05, 0) is 37.2 Å². The van der Waals surface area contributed by atoms with Crippen molar-refractivity contribution in [2.24, 2.45) is 12.5 Å². The summed E-state index contributed by atoms with van der Waals surface area (Å²) in [5.41, 5.74) is -0.133. The molecule has 3 N–H and O–H groups in total. The lowest BCUT2D eigenvalue weighted by molar-refractivity contribution is -0.141. The van der Waals surface area contributed by atoms with E-state index in [1.165, 1.54) is 10.9 Å². The van der Waals surface area contributed by atoms with E-state index in [9.17, 15) is 28.3 Å². The fourth-order valence-corrected chi connectivity index (χ4v) is 4.40. The van der Waals surface area contributed by atoms with Gasteiger partial charge in [0.1, 0.15) is 11.7 Å². The van der Waals surface area contributed by atoms with Crippen molar-refractivity contribution in [3.8, 4) is 11.3 Å². The average Bonchev–Trinajstić information content (AvgIpc) is 3.39. The number of halogens is 2. The van der Waals surface area contributed by atoms with Crippen molar-refractivity contribution in [2.75, 3.05) is 6.54 Å². The van der Waals surface area contributed by atoms with Crippen molar-refractivity contribution in [3.63, 3.8) is 0 Å². The molecule has 1 saturated heterocycles. The highest BCUT2D eigenvalue weighted by atomic mass is 19.1. The van der Waals surface area contributed by atoms with Gasteiger partial charge in [-0.1, -0.05) is 45.0 Å². The molecule has 1 aromatic heterocycles. The van der Waals surface area contributed by atoms with Gasteiger partial charge in [0, 0.05) is 31.7 Å². The minimum Gasteiger partial charge on any atom is -0.391 e. The van der Waals surface area contributed by atoms with Crippen LogP contribution in [-0.4, -0.2) is 68.4 Å². The summed E-state index contributed by atoms with van der Waals surface area (Å²) in [5, 5.41) is 18.7. The Hall–Kier alpha value is -3.34. The zero-order valence-corrected chi connectivity index (χ0v) is 22.5. The Kier molecular flexibility index (Phi) is 8.91. The summed E-state index contributed by atoms with van der Waals surface area (Å²) in [7, 11) is 1.69. The van der Waals surface area contributed by atoms with E-state index in [1.807, 2.05) is 52.0 Å². The van der Waals surface area contributed by atoms with E-state index in [4.69, 9.17) is 0 Å². The molecule has 1 saturated carbocycles. The largest absolute Gasteiger partial charge is 0.391 e. The van der Waals surface area contributed by atoms with Crippen LogP contribution in [0, 0.1) is 11.2 Å². The third kappa shape index (κ3) is 6.94. The van der Waals surface area contributed by atoms with Gasteiger partial charge in [0.15, 0.2) is 11.5 Å². The minimum atomic E-state index is -1.79. The number of alkyl halides is 1. The van der Waals surface area contributed by atoms with Crippen LogP contribution in [0.2, 0.25) is 0 Å². The first kappa shape index (κ1) is 29.2. The Morgan fingerprint density at radius 2 is 1.89 bits per heavy atom. The van der Waals surface area contributed by atoms with Gasteiger partial charge in [-0.2, -0.15) is 5.10 Å². The molecule has 0 spiro atoms. The molecular formula is C27H37F2N5O4. The van der Waals surface area contributed by atoms with Crippen LogP contribution in [0.3, 0.4) is 0 Å². The van der Waals surface area contributed by atoms with E-state index in [0.717, 1.165) is 11.1 Å². The highest BCUT2D eigenvalue weighted by Crippen LogP contribution is 2.40. The lowest BCUT2D eigenvalue weighted by atomic mass is 9.85. The van der Waals surface area contributed by atoms with Gasteiger partial charge >= 0.3 is 0 Å². The molecule has 38 heavy (non-hydrogen) atoms. The smallest absolute Gasteiger partial charge is 0.258 e. The van der Waals surface area contributed by atoms with Gasteiger partial charge in [0.2, 0.25) is 12.3 Å². The second-order valence-corrected chi connectivity index (χ2v) is 11.1. The number of benzene rings is 1. The minimum absolute atomic E-state index is 0.0745. The number of hydrogen-bond donors (Lipinski definition) is 3. The number of carbonyl (C=O) groups excluding carboxylic acids is 3.